The van der Waals surface area contributed by atoms with Crippen LogP contribution >= 0.6 is 0 Å². The van der Waals surface area contributed by atoms with Gasteiger partial charge in [0.2, 0.25) is 0 Å². The fraction of sp³-hybridized carbons (Fsp3) is 0.438. The maximum atomic E-state index is 4.44. The molecule has 3 heteroatoms. The van der Waals surface area contributed by atoms with Crippen LogP contribution in [0.2, 0.25) is 0 Å². The van der Waals surface area contributed by atoms with Gasteiger partial charge in [0.15, 0.2) is 0 Å². The quantitative estimate of drug-likeness (QED) is 0.858. The molecule has 1 heterocycles. The third-order valence-corrected chi connectivity index (χ3v) is 3.35. The Hall–Kier alpha value is -1.61. The first-order valence-electron chi connectivity index (χ1n) is 7.12. The molecule has 1 N–H and O–H groups in total. The Labute approximate surface area is 115 Å². The van der Waals surface area contributed by atoms with Crippen LogP contribution in [0.3, 0.4) is 0 Å². The first kappa shape index (κ1) is 13.8. The predicted octanol–water partition coefficient (Wildman–Crippen LogP) is 3.50. The van der Waals surface area contributed by atoms with Crippen molar-refractivity contribution in [1.29, 1.82) is 0 Å². The molecule has 0 aliphatic heterocycles. The molecule has 0 bridgehead atoms. The van der Waals surface area contributed by atoms with E-state index < -0.39 is 0 Å². The molecule has 0 aliphatic rings. The van der Waals surface area contributed by atoms with Gasteiger partial charge >= 0.3 is 0 Å². The van der Waals surface area contributed by atoms with Crippen molar-refractivity contribution in [2.45, 2.75) is 39.7 Å². The number of nitrogens with zero attached hydrogens (tertiary/aromatic N) is 2. The van der Waals surface area contributed by atoms with E-state index in [-0.39, 0.29) is 0 Å². The van der Waals surface area contributed by atoms with Gasteiger partial charge in [0.05, 0.1) is 0 Å². The van der Waals surface area contributed by atoms with Crippen molar-refractivity contribution in [2.24, 2.45) is 0 Å². The van der Waals surface area contributed by atoms with Gasteiger partial charge in [-0.15, -0.1) is 0 Å². The smallest absolute Gasteiger partial charge is 0.113 e. The molecule has 1 aromatic heterocycles. The van der Waals surface area contributed by atoms with Crippen molar-refractivity contribution in [1.82, 2.24) is 14.9 Å². The van der Waals surface area contributed by atoms with Gasteiger partial charge in [-0.3, -0.25) is 0 Å². The summed E-state index contributed by atoms with van der Waals surface area (Å²) in [5, 5.41) is 3.45. The van der Waals surface area contributed by atoms with E-state index in [4.69, 9.17) is 0 Å². The number of imidazole rings is 1. The van der Waals surface area contributed by atoms with Crippen LogP contribution < -0.4 is 5.32 Å². The molecule has 1 atom stereocenters. The lowest BCUT2D eigenvalue weighted by Gasteiger charge is -2.15. The average molecular weight is 257 g/mol. The van der Waals surface area contributed by atoms with Crippen molar-refractivity contribution in [2.75, 3.05) is 6.54 Å². The molecule has 2 aromatic rings. The highest BCUT2D eigenvalue weighted by atomic mass is 15.1. The number of aromatic nitrogens is 2. The molecule has 0 aliphatic carbocycles. The Morgan fingerprint density at radius 3 is 2.89 bits per heavy atom. The third-order valence-electron chi connectivity index (χ3n) is 3.35. The highest BCUT2D eigenvalue weighted by molar-refractivity contribution is 5.38. The van der Waals surface area contributed by atoms with Crippen molar-refractivity contribution in [3.05, 3.63) is 48.0 Å². The molecule has 102 valence electrons. The molecule has 2 rings (SSSR count). The van der Waals surface area contributed by atoms with Gasteiger partial charge in [0.1, 0.15) is 5.82 Å². The summed E-state index contributed by atoms with van der Waals surface area (Å²) in [6.07, 6.45) is 6.05. The molecule has 0 radical (unpaired) electrons. The van der Waals surface area contributed by atoms with E-state index in [1.54, 1.807) is 0 Å². The topological polar surface area (TPSA) is 29.9 Å². The lowest BCUT2D eigenvalue weighted by atomic mass is 10.1. The van der Waals surface area contributed by atoms with E-state index in [1.807, 2.05) is 12.4 Å². The van der Waals surface area contributed by atoms with Gasteiger partial charge in [-0.05, 0) is 37.6 Å². The predicted molar refractivity (Wildman–Crippen MR) is 79.7 cm³/mol. The summed E-state index contributed by atoms with van der Waals surface area (Å²) >= 11 is 0. The van der Waals surface area contributed by atoms with E-state index in [9.17, 15) is 0 Å². The molecule has 3 nitrogen and oxygen atoms in total. The Kier molecular flexibility index (Phi) is 4.74. The average Bonchev–Trinajstić information content (AvgIpc) is 2.88. The number of benzene rings is 1. The third kappa shape index (κ3) is 3.24. The second-order valence-electron chi connectivity index (χ2n) is 4.84. The van der Waals surface area contributed by atoms with E-state index in [0.717, 1.165) is 25.2 Å². The van der Waals surface area contributed by atoms with Crippen molar-refractivity contribution in [3.63, 3.8) is 0 Å². The largest absolute Gasteiger partial charge is 0.310 e. The fourth-order valence-electron chi connectivity index (χ4n) is 2.35. The molecule has 19 heavy (non-hydrogen) atoms. The zero-order valence-corrected chi connectivity index (χ0v) is 12.1. The summed E-state index contributed by atoms with van der Waals surface area (Å²) in [5.41, 5.74) is 2.51. The first-order valence-corrected chi connectivity index (χ1v) is 7.12. The number of hydrogen-bond acceptors (Lipinski definition) is 2. The summed E-state index contributed by atoms with van der Waals surface area (Å²) in [5.74, 6) is 1.13. The molecule has 0 fully saturated rings. The molecule has 1 aromatic carbocycles. The number of nitrogens with one attached hydrogen (secondary N) is 1. The van der Waals surface area contributed by atoms with Crippen molar-refractivity contribution < 1.29 is 0 Å². The summed E-state index contributed by atoms with van der Waals surface area (Å²) in [6, 6.07) is 9.06. The monoisotopic (exact) mass is 257 g/mol. The van der Waals surface area contributed by atoms with Crippen LogP contribution in [0.4, 0.5) is 0 Å². The number of rotatable bonds is 6. The van der Waals surface area contributed by atoms with Gasteiger partial charge in [-0.2, -0.15) is 0 Å². The molecule has 0 saturated heterocycles. The van der Waals surface area contributed by atoms with Crippen LogP contribution in [0, 0.1) is 0 Å². The summed E-state index contributed by atoms with van der Waals surface area (Å²) < 4.78 is 2.19. The summed E-state index contributed by atoms with van der Waals surface area (Å²) in [7, 11) is 0. The zero-order chi connectivity index (χ0) is 13.7. The molecule has 0 spiro atoms. The lowest BCUT2D eigenvalue weighted by Crippen LogP contribution is -2.17. The van der Waals surface area contributed by atoms with E-state index in [0.29, 0.717) is 6.04 Å². The van der Waals surface area contributed by atoms with Crippen LogP contribution in [-0.4, -0.2) is 16.1 Å². The molecule has 1 unspecified atom stereocenters. The van der Waals surface area contributed by atoms with Gasteiger partial charge < -0.3 is 9.88 Å². The lowest BCUT2D eigenvalue weighted by molar-refractivity contribution is 0.597. The fourth-order valence-corrected chi connectivity index (χ4v) is 2.35. The second kappa shape index (κ2) is 6.53. The van der Waals surface area contributed by atoms with Crippen molar-refractivity contribution >= 4 is 0 Å². The number of aryl methyl sites for hydroxylation is 1. The molecular formula is C16H23N3. The number of hydrogen-bond donors (Lipinski definition) is 1. The van der Waals surface area contributed by atoms with Gasteiger partial charge in [0.25, 0.3) is 0 Å². The Morgan fingerprint density at radius 1 is 1.32 bits per heavy atom. The second-order valence-corrected chi connectivity index (χ2v) is 4.84. The van der Waals surface area contributed by atoms with E-state index in [2.05, 4.69) is 59.9 Å². The molecule has 0 amide bonds. The van der Waals surface area contributed by atoms with E-state index >= 15 is 0 Å². The normalized spacial score (nSPS) is 12.6. The highest BCUT2D eigenvalue weighted by Gasteiger charge is 2.07. The van der Waals surface area contributed by atoms with Gasteiger partial charge in [-0.25, -0.2) is 4.98 Å². The SMILES string of the molecule is CCCc1nccn1-c1cccc(C(C)NCC)c1. The minimum Gasteiger partial charge on any atom is -0.310 e. The van der Waals surface area contributed by atoms with Crippen LogP contribution in [0.1, 0.15) is 44.6 Å². The molecular weight excluding hydrogens is 234 g/mol. The Bertz CT molecular complexity index is 516. The Balaban J connectivity index is 2.29. The van der Waals surface area contributed by atoms with E-state index in [1.165, 1.54) is 11.3 Å². The standard InChI is InChI=1S/C16H23N3/c1-4-7-16-18-10-11-19(16)15-9-6-8-14(12-15)13(3)17-5-2/h6,8-13,17H,4-5,7H2,1-3H3. The van der Waals surface area contributed by atoms with Crippen LogP contribution in [-0.2, 0) is 6.42 Å². The first-order chi connectivity index (χ1) is 9.26. The summed E-state index contributed by atoms with van der Waals surface area (Å²) in [6.45, 7) is 7.50. The minimum absolute atomic E-state index is 0.378. The summed E-state index contributed by atoms with van der Waals surface area (Å²) in [4.78, 5) is 4.44. The zero-order valence-electron chi connectivity index (χ0n) is 12.1. The van der Waals surface area contributed by atoms with Crippen LogP contribution in [0.25, 0.3) is 5.69 Å². The highest BCUT2D eigenvalue weighted by Crippen LogP contribution is 2.18. The molecule has 0 saturated carbocycles. The maximum absolute atomic E-state index is 4.44. The van der Waals surface area contributed by atoms with Gasteiger partial charge in [-0.1, -0.05) is 26.0 Å². The van der Waals surface area contributed by atoms with Crippen LogP contribution in [0.15, 0.2) is 36.7 Å². The Morgan fingerprint density at radius 2 is 2.16 bits per heavy atom. The van der Waals surface area contributed by atoms with Gasteiger partial charge in [0, 0.05) is 30.5 Å². The van der Waals surface area contributed by atoms with Crippen LogP contribution in [0.5, 0.6) is 0 Å². The van der Waals surface area contributed by atoms with Crippen molar-refractivity contribution in [3.8, 4) is 5.69 Å². The minimum atomic E-state index is 0.378. The maximum Gasteiger partial charge on any atom is 0.113 e.